The van der Waals surface area contributed by atoms with Gasteiger partial charge in [0.25, 0.3) is 10.2 Å². The molecule has 2 N–H and O–H groups in total. The Morgan fingerprint density at radius 3 is 2.50 bits per heavy atom. The highest BCUT2D eigenvalue weighted by Crippen LogP contribution is 2.28. The van der Waals surface area contributed by atoms with E-state index in [4.69, 9.17) is 5.73 Å². The van der Waals surface area contributed by atoms with E-state index in [1.165, 1.54) is 8.61 Å². The van der Waals surface area contributed by atoms with Crippen LogP contribution in [0.4, 0.5) is 5.69 Å². The topological polar surface area (TPSA) is 66.6 Å². The lowest BCUT2D eigenvalue weighted by molar-refractivity contribution is 0.340. The first-order valence-corrected chi connectivity index (χ1v) is 7.32. The lowest BCUT2D eigenvalue weighted by Gasteiger charge is -2.26. The maximum atomic E-state index is 12.3. The Bertz CT molecular complexity index is 554. The van der Waals surface area contributed by atoms with Gasteiger partial charge < -0.3 is 5.73 Å². The number of nitrogens with zero attached hydrogens (tertiary/aromatic N) is 2. The molecule has 1 heterocycles. The van der Waals surface area contributed by atoms with Crippen molar-refractivity contribution in [1.29, 1.82) is 0 Å². The average molecular weight is 269 g/mol. The zero-order chi connectivity index (χ0) is 13.5. The maximum absolute atomic E-state index is 12.3. The van der Waals surface area contributed by atoms with E-state index in [-0.39, 0.29) is 6.04 Å². The standard InChI is InChI=1S/C12H19N3O2S/c1-9(2)14(3)18(16,17)15-7-10-4-5-12(13)6-11(10)8-15/h4-6,9H,7-8,13H2,1-3H3. The molecule has 0 spiro atoms. The van der Waals surface area contributed by atoms with E-state index >= 15 is 0 Å². The van der Waals surface area contributed by atoms with Crippen LogP contribution >= 0.6 is 0 Å². The zero-order valence-corrected chi connectivity index (χ0v) is 11.7. The highest BCUT2D eigenvalue weighted by Gasteiger charge is 2.33. The van der Waals surface area contributed by atoms with Gasteiger partial charge in [-0.15, -0.1) is 0 Å². The molecule has 18 heavy (non-hydrogen) atoms. The van der Waals surface area contributed by atoms with Gasteiger partial charge in [0.15, 0.2) is 0 Å². The highest BCUT2D eigenvalue weighted by molar-refractivity contribution is 7.86. The van der Waals surface area contributed by atoms with Crippen LogP contribution in [-0.4, -0.2) is 30.1 Å². The maximum Gasteiger partial charge on any atom is 0.282 e. The summed E-state index contributed by atoms with van der Waals surface area (Å²) in [6.07, 6.45) is 0. The van der Waals surface area contributed by atoms with Crippen LogP contribution in [0.1, 0.15) is 25.0 Å². The molecule has 0 fully saturated rings. The number of benzene rings is 1. The zero-order valence-electron chi connectivity index (χ0n) is 10.9. The molecule has 1 aliphatic heterocycles. The molecule has 0 atom stereocenters. The van der Waals surface area contributed by atoms with E-state index in [0.717, 1.165) is 11.1 Å². The summed E-state index contributed by atoms with van der Waals surface area (Å²) in [5.41, 5.74) is 8.41. The van der Waals surface area contributed by atoms with Crippen molar-refractivity contribution in [3.8, 4) is 0 Å². The van der Waals surface area contributed by atoms with E-state index in [1.807, 2.05) is 26.0 Å². The molecule has 0 bridgehead atoms. The summed E-state index contributed by atoms with van der Waals surface area (Å²) in [6, 6.07) is 5.50. The van der Waals surface area contributed by atoms with Crippen molar-refractivity contribution in [1.82, 2.24) is 8.61 Å². The molecule has 0 amide bonds. The van der Waals surface area contributed by atoms with Gasteiger partial charge in [-0.2, -0.15) is 17.0 Å². The van der Waals surface area contributed by atoms with Gasteiger partial charge in [-0.3, -0.25) is 0 Å². The summed E-state index contributed by atoms with van der Waals surface area (Å²) in [6.45, 7) is 4.55. The molecule has 0 aromatic heterocycles. The predicted octanol–water partition coefficient (Wildman–Crippen LogP) is 1.17. The molecule has 0 radical (unpaired) electrons. The van der Waals surface area contributed by atoms with Crippen molar-refractivity contribution in [3.63, 3.8) is 0 Å². The Balaban J connectivity index is 2.26. The third-order valence-corrected chi connectivity index (χ3v) is 5.40. The molecule has 0 saturated heterocycles. The van der Waals surface area contributed by atoms with E-state index < -0.39 is 10.2 Å². The van der Waals surface area contributed by atoms with Crippen molar-refractivity contribution >= 4 is 15.9 Å². The van der Waals surface area contributed by atoms with Crippen LogP contribution in [0.15, 0.2) is 18.2 Å². The summed E-state index contributed by atoms with van der Waals surface area (Å²) in [5, 5.41) is 0. The number of nitrogens with two attached hydrogens (primary N) is 1. The first kappa shape index (κ1) is 13.3. The van der Waals surface area contributed by atoms with Gasteiger partial charge in [0.1, 0.15) is 0 Å². The first-order chi connectivity index (χ1) is 8.32. The van der Waals surface area contributed by atoms with Crippen molar-refractivity contribution in [2.45, 2.75) is 33.0 Å². The minimum Gasteiger partial charge on any atom is -0.399 e. The summed E-state index contributed by atoms with van der Waals surface area (Å²) >= 11 is 0. The minimum atomic E-state index is -3.39. The molecule has 0 unspecified atom stereocenters. The Morgan fingerprint density at radius 2 is 1.89 bits per heavy atom. The van der Waals surface area contributed by atoms with E-state index in [9.17, 15) is 8.42 Å². The second-order valence-corrected chi connectivity index (χ2v) is 6.90. The largest absolute Gasteiger partial charge is 0.399 e. The fourth-order valence-electron chi connectivity index (χ4n) is 1.99. The second-order valence-electron chi connectivity index (χ2n) is 4.91. The first-order valence-electron chi connectivity index (χ1n) is 5.92. The second kappa shape index (κ2) is 4.53. The van der Waals surface area contributed by atoms with Gasteiger partial charge in [0.05, 0.1) is 0 Å². The fourth-order valence-corrected chi connectivity index (χ4v) is 3.50. The van der Waals surface area contributed by atoms with Gasteiger partial charge in [-0.1, -0.05) is 6.07 Å². The molecule has 1 aromatic rings. The van der Waals surface area contributed by atoms with Gasteiger partial charge in [-0.25, -0.2) is 0 Å². The number of rotatable bonds is 3. The molecule has 100 valence electrons. The van der Waals surface area contributed by atoms with Crippen molar-refractivity contribution in [2.24, 2.45) is 0 Å². The molecular formula is C12H19N3O2S. The van der Waals surface area contributed by atoms with Crippen LogP contribution in [0.2, 0.25) is 0 Å². The van der Waals surface area contributed by atoms with E-state index in [0.29, 0.717) is 18.8 Å². The van der Waals surface area contributed by atoms with Crippen LogP contribution in [0, 0.1) is 0 Å². The van der Waals surface area contributed by atoms with Crippen LogP contribution in [0.5, 0.6) is 0 Å². The lowest BCUT2D eigenvalue weighted by Crippen LogP contribution is -2.42. The Hall–Kier alpha value is -1.11. The number of anilines is 1. The van der Waals surface area contributed by atoms with Crippen molar-refractivity contribution < 1.29 is 8.42 Å². The lowest BCUT2D eigenvalue weighted by atomic mass is 10.1. The Kier molecular flexibility index (Phi) is 3.35. The number of hydrogen-bond acceptors (Lipinski definition) is 3. The van der Waals surface area contributed by atoms with Gasteiger partial charge in [-0.05, 0) is 37.1 Å². The minimum absolute atomic E-state index is 0.0521. The molecular weight excluding hydrogens is 250 g/mol. The molecule has 0 aliphatic carbocycles. The van der Waals surface area contributed by atoms with Crippen LogP contribution in [0.3, 0.4) is 0 Å². The smallest absolute Gasteiger partial charge is 0.282 e. The molecule has 1 aliphatic rings. The molecule has 6 heteroatoms. The Morgan fingerprint density at radius 1 is 1.28 bits per heavy atom. The summed E-state index contributed by atoms with van der Waals surface area (Å²) in [7, 11) is -1.78. The monoisotopic (exact) mass is 269 g/mol. The summed E-state index contributed by atoms with van der Waals surface area (Å²) in [5.74, 6) is 0. The summed E-state index contributed by atoms with van der Waals surface area (Å²) in [4.78, 5) is 0. The SMILES string of the molecule is CC(C)N(C)S(=O)(=O)N1Cc2ccc(N)cc2C1. The molecule has 1 aromatic carbocycles. The molecule has 2 rings (SSSR count). The highest BCUT2D eigenvalue weighted by atomic mass is 32.2. The van der Waals surface area contributed by atoms with Crippen LogP contribution in [-0.2, 0) is 23.3 Å². The summed E-state index contributed by atoms with van der Waals surface area (Å²) < 4.78 is 27.6. The van der Waals surface area contributed by atoms with E-state index in [2.05, 4.69) is 0 Å². The fraction of sp³-hybridized carbons (Fsp3) is 0.500. The van der Waals surface area contributed by atoms with Crippen LogP contribution in [0.25, 0.3) is 0 Å². The van der Waals surface area contributed by atoms with Gasteiger partial charge >= 0.3 is 0 Å². The third kappa shape index (κ3) is 2.23. The third-order valence-electron chi connectivity index (χ3n) is 3.34. The van der Waals surface area contributed by atoms with Gasteiger partial charge in [0.2, 0.25) is 0 Å². The normalized spacial score (nSPS) is 16.5. The van der Waals surface area contributed by atoms with Crippen molar-refractivity contribution in [3.05, 3.63) is 29.3 Å². The Labute approximate surface area is 108 Å². The number of hydrogen-bond donors (Lipinski definition) is 1. The molecule has 0 saturated carbocycles. The number of fused-ring (bicyclic) bond motifs is 1. The number of nitrogen functional groups attached to an aromatic ring is 1. The quantitative estimate of drug-likeness (QED) is 0.838. The average Bonchev–Trinajstić information content (AvgIpc) is 2.71. The molecule has 5 nitrogen and oxygen atoms in total. The van der Waals surface area contributed by atoms with Gasteiger partial charge in [0, 0.05) is 31.9 Å². The van der Waals surface area contributed by atoms with E-state index in [1.54, 1.807) is 13.1 Å². The van der Waals surface area contributed by atoms with Crippen molar-refractivity contribution in [2.75, 3.05) is 12.8 Å². The van der Waals surface area contributed by atoms with Crippen LogP contribution < -0.4 is 5.73 Å². The predicted molar refractivity (Wildman–Crippen MR) is 71.9 cm³/mol.